The zero-order valence-electron chi connectivity index (χ0n) is 14.9. The van der Waals surface area contributed by atoms with Crippen molar-refractivity contribution < 1.29 is 40.2 Å². The smallest absolute Gasteiger partial charge is 0.336 e. The van der Waals surface area contributed by atoms with Gasteiger partial charge >= 0.3 is 11.9 Å². The lowest BCUT2D eigenvalue weighted by Crippen LogP contribution is -2.06. The Morgan fingerprint density at radius 2 is 0.846 bits per heavy atom. The highest BCUT2D eigenvalue weighted by molar-refractivity contribution is 6.01. The summed E-state index contributed by atoms with van der Waals surface area (Å²) in [5.41, 5.74) is -0.380. The van der Waals surface area contributed by atoms with E-state index >= 15 is 0 Å². The van der Waals surface area contributed by atoms with Gasteiger partial charge in [-0.1, -0.05) is 25.0 Å². The number of hydrogen-bond donors (Lipinski definition) is 6. The van der Waals surface area contributed by atoms with Crippen molar-refractivity contribution in [2.24, 2.45) is 0 Å². The Morgan fingerprint density at radius 1 is 0.577 bits per heavy atom. The molecule has 0 saturated heterocycles. The van der Waals surface area contributed by atoms with Gasteiger partial charge in [-0.2, -0.15) is 0 Å². The molecule has 0 saturated carbocycles. The van der Waals surface area contributed by atoms with Gasteiger partial charge in [-0.3, -0.25) is 0 Å². The highest BCUT2D eigenvalue weighted by atomic mass is 16.4. The van der Waals surface area contributed by atoms with E-state index in [1.54, 1.807) is 0 Å². The van der Waals surface area contributed by atoms with Crippen LogP contribution in [-0.4, -0.2) is 69.0 Å². The fourth-order valence-electron chi connectivity index (χ4n) is 1.66. The van der Waals surface area contributed by atoms with E-state index in [1.807, 2.05) is 0 Å². The molecule has 1 aromatic carbocycles. The molecule has 1 rings (SSSR count). The fourth-order valence-corrected chi connectivity index (χ4v) is 1.66. The van der Waals surface area contributed by atoms with E-state index < -0.39 is 11.9 Å². The van der Waals surface area contributed by atoms with Crippen LogP contribution >= 0.6 is 0 Å². The highest BCUT2D eigenvalue weighted by Gasteiger charge is 2.13. The number of aliphatic hydroxyl groups excluding tert-OH is 4. The predicted octanol–water partition coefficient (Wildman–Crippen LogP) is 1.37. The second kappa shape index (κ2) is 19.3. The first-order valence-electron chi connectivity index (χ1n) is 8.45. The maximum absolute atomic E-state index is 10.5. The minimum atomic E-state index is -1.23. The average molecular weight is 374 g/mol. The van der Waals surface area contributed by atoms with Crippen molar-refractivity contribution in [3.8, 4) is 0 Å². The molecule has 8 nitrogen and oxygen atoms in total. The number of aromatic carboxylic acids is 2. The number of carboxylic acid groups (broad SMARTS) is 2. The number of benzene rings is 1. The molecule has 0 bridgehead atoms. The van der Waals surface area contributed by atoms with Crippen molar-refractivity contribution in [2.75, 3.05) is 26.4 Å². The van der Waals surface area contributed by atoms with Gasteiger partial charge in [-0.15, -0.1) is 0 Å². The standard InChI is InChI=1S/C8H6O4.C6H14O2.C4H10O2/c9-7(10)5-3-1-2-4-6(5)8(11)12;7-5-3-1-2-4-6-8;5-3-1-2-4-6/h1-4H,(H,9,10)(H,11,12);7-8H,1-6H2;5-6H,1-4H2. The lowest BCUT2D eigenvalue weighted by molar-refractivity contribution is 0.0651. The molecule has 0 fully saturated rings. The molecule has 0 radical (unpaired) electrons. The number of aliphatic hydroxyl groups is 4. The van der Waals surface area contributed by atoms with Gasteiger partial charge in [0, 0.05) is 26.4 Å². The van der Waals surface area contributed by atoms with E-state index in [9.17, 15) is 9.59 Å². The Bertz CT molecular complexity index is 433. The van der Waals surface area contributed by atoms with E-state index in [1.165, 1.54) is 24.3 Å². The third-order valence-corrected chi connectivity index (χ3v) is 3.02. The summed E-state index contributed by atoms with van der Waals surface area (Å²) >= 11 is 0. The quantitative estimate of drug-likeness (QED) is 0.335. The van der Waals surface area contributed by atoms with Crippen molar-refractivity contribution in [3.05, 3.63) is 35.4 Å². The molecule has 0 amide bonds. The Morgan fingerprint density at radius 3 is 1.08 bits per heavy atom. The number of carbonyl (C=O) groups is 2. The largest absolute Gasteiger partial charge is 0.478 e. The van der Waals surface area contributed by atoms with Crippen molar-refractivity contribution >= 4 is 11.9 Å². The molecule has 150 valence electrons. The molecule has 0 aliphatic rings. The van der Waals surface area contributed by atoms with Crippen molar-refractivity contribution in [1.29, 1.82) is 0 Å². The molecule has 0 unspecified atom stereocenters. The molecule has 6 N–H and O–H groups in total. The molecular weight excluding hydrogens is 344 g/mol. The SMILES string of the molecule is O=C(O)c1ccccc1C(=O)O.OCCCCCCO.OCCCCO. The van der Waals surface area contributed by atoms with Gasteiger partial charge in [-0.05, 0) is 37.8 Å². The van der Waals surface area contributed by atoms with Crippen molar-refractivity contribution in [2.45, 2.75) is 38.5 Å². The topological polar surface area (TPSA) is 156 Å². The van der Waals surface area contributed by atoms with Gasteiger partial charge in [0.25, 0.3) is 0 Å². The molecule has 0 heterocycles. The van der Waals surface area contributed by atoms with Crippen LogP contribution in [0, 0.1) is 0 Å². The Kier molecular flexibility index (Phi) is 19.5. The van der Waals surface area contributed by atoms with E-state index in [0.717, 1.165) is 38.5 Å². The first kappa shape index (κ1) is 26.2. The lowest BCUT2D eigenvalue weighted by Gasteiger charge is -1.98. The van der Waals surface area contributed by atoms with E-state index in [0.29, 0.717) is 0 Å². The third kappa shape index (κ3) is 15.5. The van der Waals surface area contributed by atoms with Crippen LogP contribution in [0.2, 0.25) is 0 Å². The van der Waals surface area contributed by atoms with Crippen LogP contribution in [0.3, 0.4) is 0 Å². The predicted molar refractivity (Wildman–Crippen MR) is 96.4 cm³/mol. The zero-order chi connectivity index (χ0) is 20.2. The van der Waals surface area contributed by atoms with E-state index in [-0.39, 0.29) is 37.6 Å². The minimum Gasteiger partial charge on any atom is -0.478 e. The zero-order valence-corrected chi connectivity index (χ0v) is 14.9. The number of carboxylic acids is 2. The molecule has 0 spiro atoms. The molecule has 0 aromatic heterocycles. The van der Waals surface area contributed by atoms with Crippen LogP contribution in [0.15, 0.2) is 24.3 Å². The maximum atomic E-state index is 10.5. The molecule has 8 heteroatoms. The minimum absolute atomic E-state index is 0.190. The summed E-state index contributed by atoms with van der Waals surface area (Å²) in [5, 5.41) is 49.9. The van der Waals surface area contributed by atoms with Crippen LogP contribution in [0.4, 0.5) is 0 Å². The average Bonchev–Trinajstić information content (AvgIpc) is 2.64. The molecular formula is C18H30O8. The fraction of sp³-hybridized carbons (Fsp3) is 0.556. The van der Waals surface area contributed by atoms with Gasteiger partial charge in [0.15, 0.2) is 0 Å². The van der Waals surface area contributed by atoms with Crippen LogP contribution in [0.1, 0.15) is 59.2 Å². The van der Waals surface area contributed by atoms with Crippen molar-refractivity contribution in [3.63, 3.8) is 0 Å². The normalized spacial score (nSPS) is 9.38. The van der Waals surface area contributed by atoms with Crippen LogP contribution in [0.5, 0.6) is 0 Å². The van der Waals surface area contributed by atoms with Crippen LogP contribution in [0.25, 0.3) is 0 Å². The Hall–Kier alpha value is -2.00. The monoisotopic (exact) mass is 374 g/mol. The van der Waals surface area contributed by atoms with Crippen LogP contribution < -0.4 is 0 Å². The number of unbranched alkanes of at least 4 members (excludes halogenated alkanes) is 4. The van der Waals surface area contributed by atoms with Gasteiger partial charge in [0.05, 0.1) is 11.1 Å². The summed E-state index contributed by atoms with van der Waals surface area (Å²) in [6, 6.07) is 5.48. The summed E-state index contributed by atoms with van der Waals surface area (Å²) in [6.45, 7) is 0.956. The maximum Gasteiger partial charge on any atom is 0.336 e. The van der Waals surface area contributed by atoms with Gasteiger partial charge in [0.1, 0.15) is 0 Å². The summed E-state index contributed by atoms with van der Waals surface area (Å²) in [6.07, 6.45) is 5.26. The number of hydrogen-bond acceptors (Lipinski definition) is 6. The van der Waals surface area contributed by atoms with Gasteiger partial charge < -0.3 is 30.6 Å². The second-order valence-corrected chi connectivity index (χ2v) is 5.17. The van der Waals surface area contributed by atoms with Gasteiger partial charge in [-0.25, -0.2) is 9.59 Å². The van der Waals surface area contributed by atoms with E-state index in [4.69, 9.17) is 30.6 Å². The molecule has 0 aliphatic heterocycles. The van der Waals surface area contributed by atoms with Crippen LogP contribution in [-0.2, 0) is 0 Å². The summed E-state index contributed by atoms with van der Waals surface area (Å²) in [5.74, 6) is -2.46. The molecule has 26 heavy (non-hydrogen) atoms. The molecule has 0 atom stereocenters. The molecule has 1 aromatic rings. The lowest BCUT2D eigenvalue weighted by atomic mass is 10.1. The van der Waals surface area contributed by atoms with Gasteiger partial charge in [0.2, 0.25) is 0 Å². The summed E-state index contributed by atoms with van der Waals surface area (Å²) in [4.78, 5) is 20.9. The third-order valence-electron chi connectivity index (χ3n) is 3.02. The second-order valence-electron chi connectivity index (χ2n) is 5.17. The van der Waals surface area contributed by atoms with Crippen molar-refractivity contribution in [1.82, 2.24) is 0 Å². The molecule has 0 aliphatic carbocycles. The van der Waals surface area contributed by atoms with E-state index in [2.05, 4.69) is 0 Å². The highest BCUT2D eigenvalue weighted by Crippen LogP contribution is 2.07. The summed E-state index contributed by atoms with van der Waals surface area (Å²) in [7, 11) is 0. The first-order valence-corrected chi connectivity index (χ1v) is 8.45. The Balaban J connectivity index is 0. The number of rotatable bonds is 10. The summed E-state index contributed by atoms with van der Waals surface area (Å²) < 4.78 is 0. The Labute approximate surface area is 153 Å². The first-order chi connectivity index (χ1) is 12.5.